The molecule has 0 heterocycles. The SMILES string of the molecule is CCCC(Oc1ccc(CC(C)=O)cc1)C(=O)NN. The Kier molecular flexibility index (Phi) is 6.02. The molecule has 5 nitrogen and oxygen atoms in total. The molecule has 0 aromatic heterocycles. The zero-order valence-corrected chi connectivity index (χ0v) is 11.3. The van der Waals surface area contributed by atoms with Gasteiger partial charge in [0.05, 0.1) is 0 Å². The molecule has 0 radical (unpaired) electrons. The number of carbonyl (C=O) groups excluding carboxylic acids is 2. The first-order valence-corrected chi connectivity index (χ1v) is 6.32. The number of carbonyl (C=O) groups is 2. The van der Waals surface area contributed by atoms with Crippen LogP contribution < -0.4 is 16.0 Å². The van der Waals surface area contributed by atoms with Gasteiger partial charge in [0.1, 0.15) is 11.5 Å². The van der Waals surface area contributed by atoms with E-state index in [4.69, 9.17) is 10.6 Å². The Morgan fingerprint density at radius 3 is 2.42 bits per heavy atom. The highest BCUT2D eigenvalue weighted by molar-refractivity contribution is 5.80. The lowest BCUT2D eigenvalue weighted by molar-refractivity contribution is -0.128. The molecule has 3 N–H and O–H groups in total. The van der Waals surface area contributed by atoms with Gasteiger partial charge in [0, 0.05) is 6.42 Å². The predicted molar refractivity (Wildman–Crippen MR) is 72.5 cm³/mol. The van der Waals surface area contributed by atoms with Crippen LogP contribution in [0.3, 0.4) is 0 Å². The van der Waals surface area contributed by atoms with Crippen LogP contribution in [0.5, 0.6) is 5.75 Å². The van der Waals surface area contributed by atoms with Crippen LogP contribution in [0, 0.1) is 0 Å². The Morgan fingerprint density at radius 1 is 1.32 bits per heavy atom. The summed E-state index contributed by atoms with van der Waals surface area (Å²) in [4.78, 5) is 22.5. The minimum Gasteiger partial charge on any atom is -0.481 e. The van der Waals surface area contributed by atoms with Gasteiger partial charge in [0.2, 0.25) is 0 Å². The van der Waals surface area contributed by atoms with Crippen LogP contribution >= 0.6 is 0 Å². The molecule has 0 spiro atoms. The molecule has 1 rings (SSSR count). The van der Waals surface area contributed by atoms with Gasteiger partial charge >= 0.3 is 0 Å². The third-order valence-electron chi connectivity index (χ3n) is 2.64. The van der Waals surface area contributed by atoms with Crippen LogP contribution in [0.1, 0.15) is 32.3 Å². The Balaban J connectivity index is 2.69. The lowest BCUT2D eigenvalue weighted by Crippen LogP contribution is -2.42. The monoisotopic (exact) mass is 264 g/mol. The van der Waals surface area contributed by atoms with E-state index in [1.165, 1.54) is 0 Å². The fraction of sp³-hybridized carbons (Fsp3) is 0.429. The second kappa shape index (κ2) is 7.53. The first kappa shape index (κ1) is 15.2. The lowest BCUT2D eigenvalue weighted by Gasteiger charge is -2.16. The van der Waals surface area contributed by atoms with Crippen molar-refractivity contribution >= 4 is 11.7 Å². The Labute approximate surface area is 113 Å². The van der Waals surface area contributed by atoms with Gasteiger partial charge in [-0.2, -0.15) is 0 Å². The number of ketones is 1. The standard InChI is InChI=1S/C14H20N2O3/c1-3-4-13(14(18)16-15)19-12-7-5-11(6-8-12)9-10(2)17/h5-8,13H,3-4,9,15H2,1-2H3,(H,16,18). The second-order valence-corrected chi connectivity index (χ2v) is 4.43. The third-order valence-corrected chi connectivity index (χ3v) is 2.64. The summed E-state index contributed by atoms with van der Waals surface area (Å²) in [6, 6.07) is 7.15. The van der Waals surface area contributed by atoms with Gasteiger partial charge in [-0.15, -0.1) is 0 Å². The summed E-state index contributed by atoms with van der Waals surface area (Å²) >= 11 is 0. The Morgan fingerprint density at radius 2 is 1.95 bits per heavy atom. The van der Waals surface area contributed by atoms with Gasteiger partial charge in [-0.3, -0.25) is 15.0 Å². The fourth-order valence-corrected chi connectivity index (χ4v) is 1.74. The Hall–Kier alpha value is -1.88. The third kappa shape index (κ3) is 5.09. The molecule has 1 unspecified atom stereocenters. The average molecular weight is 264 g/mol. The topological polar surface area (TPSA) is 81.4 Å². The number of amides is 1. The summed E-state index contributed by atoms with van der Waals surface area (Å²) in [7, 11) is 0. The van der Waals surface area contributed by atoms with Crippen molar-refractivity contribution in [1.82, 2.24) is 5.43 Å². The number of hydrazine groups is 1. The molecule has 0 fully saturated rings. The maximum atomic E-state index is 11.5. The van der Waals surface area contributed by atoms with Crippen molar-refractivity contribution in [3.05, 3.63) is 29.8 Å². The van der Waals surface area contributed by atoms with Crippen molar-refractivity contribution in [1.29, 1.82) is 0 Å². The molecule has 19 heavy (non-hydrogen) atoms. The molecule has 0 aliphatic rings. The summed E-state index contributed by atoms with van der Waals surface area (Å²) in [5.41, 5.74) is 3.03. The number of Topliss-reactive ketones (excluding diaryl/α,β-unsaturated/α-hetero) is 1. The molecule has 1 atom stereocenters. The number of ether oxygens (including phenoxy) is 1. The normalized spacial score (nSPS) is 11.7. The molecule has 0 aliphatic heterocycles. The Bertz CT molecular complexity index is 429. The van der Waals surface area contributed by atoms with Crippen molar-refractivity contribution in [3.8, 4) is 5.75 Å². The molecular formula is C14H20N2O3. The number of nitrogens with two attached hydrogens (primary N) is 1. The van der Waals surface area contributed by atoms with E-state index in [-0.39, 0.29) is 11.7 Å². The van der Waals surface area contributed by atoms with Crippen molar-refractivity contribution in [3.63, 3.8) is 0 Å². The highest BCUT2D eigenvalue weighted by Crippen LogP contribution is 2.16. The molecule has 5 heteroatoms. The van der Waals surface area contributed by atoms with Crippen molar-refractivity contribution < 1.29 is 14.3 Å². The van der Waals surface area contributed by atoms with E-state index in [1.54, 1.807) is 19.1 Å². The number of benzene rings is 1. The highest BCUT2D eigenvalue weighted by atomic mass is 16.5. The molecule has 0 bridgehead atoms. The molecular weight excluding hydrogens is 244 g/mol. The van der Waals surface area contributed by atoms with E-state index in [0.29, 0.717) is 18.6 Å². The van der Waals surface area contributed by atoms with E-state index in [1.807, 2.05) is 19.1 Å². The second-order valence-electron chi connectivity index (χ2n) is 4.43. The van der Waals surface area contributed by atoms with Crippen molar-refractivity contribution in [2.45, 2.75) is 39.2 Å². The number of hydrogen-bond acceptors (Lipinski definition) is 4. The van der Waals surface area contributed by atoms with E-state index < -0.39 is 6.10 Å². The summed E-state index contributed by atoms with van der Waals surface area (Å²) in [6.45, 7) is 3.52. The number of rotatable bonds is 7. The summed E-state index contributed by atoms with van der Waals surface area (Å²) in [5.74, 6) is 5.48. The summed E-state index contributed by atoms with van der Waals surface area (Å²) in [6.07, 6.45) is 1.23. The minimum absolute atomic E-state index is 0.111. The van der Waals surface area contributed by atoms with Crippen molar-refractivity contribution in [2.75, 3.05) is 0 Å². The van der Waals surface area contributed by atoms with Gasteiger partial charge < -0.3 is 4.74 Å². The van der Waals surface area contributed by atoms with Crippen LogP contribution in [0.2, 0.25) is 0 Å². The van der Waals surface area contributed by atoms with Gasteiger partial charge in [-0.05, 0) is 31.0 Å². The van der Waals surface area contributed by atoms with E-state index >= 15 is 0 Å². The lowest BCUT2D eigenvalue weighted by atomic mass is 10.1. The van der Waals surface area contributed by atoms with Gasteiger partial charge in [0.25, 0.3) is 5.91 Å². The van der Waals surface area contributed by atoms with Crippen LogP contribution in [-0.4, -0.2) is 17.8 Å². The summed E-state index contributed by atoms with van der Waals surface area (Å²) < 4.78 is 5.59. The quantitative estimate of drug-likeness (QED) is 0.442. The largest absolute Gasteiger partial charge is 0.481 e. The zero-order valence-electron chi connectivity index (χ0n) is 11.3. The van der Waals surface area contributed by atoms with Crippen LogP contribution in [-0.2, 0) is 16.0 Å². The highest BCUT2D eigenvalue weighted by Gasteiger charge is 2.18. The summed E-state index contributed by atoms with van der Waals surface area (Å²) in [5, 5.41) is 0. The molecule has 104 valence electrons. The number of nitrogens with one attached hydrogen (secondary N) is 1. The van der Waals surface area contributed by atoms with Gasteiger partial charge in [0.15, 0.2) is 6.10 Å². The van der Waals surface area contributed by atoms with E-state index in [2.05, 4.69) is 5.43 Å². The zero-order chi connectivity index (χ0) is 14.3. The molecule has 1 amide bonds. The fourth-order valence-electron chi connectivity index (χ4n) is 1.74. The first-order chi connectivity index (χ1) is 9.06. The number of hydrogen-bond donors (Lipinski definition) is 2. The molecule has 1 aromatic rings. The van der Waals surface area contributed by atoms with Gasteiger partial charge in [-0.25, -0.2) is 5.84 Å². The van der Waals surface area contributed by atoms with Crippen LogP contribution in [0.4, 0.5) is 0 Å². The maximum Gasteiger partial charge on any atom is 0.274 e. The first-order valence-electron chi connectivity index (χ1n) is 6.32. The molecule has 1 aromatic carbocycles. The smallest absolute Gasteiger partial charge is 0.274 e. The minimum atomic E-state index is -0.589. The van der Waals surface area contributed by atoms with Crippen LogP contribution in [0.15, 0.2) is 24.3 Å². The van der Waals surface area contributed by atoms with E-state index in [0.717, 1.165) is 12.0 Å². The maximum absolute atomic E-state index is 11.5. The molecule has 0 saturated carbocycles. The molecule has 0 aliphatic carbocycles. The average Bonchev–Trinajstić information content (AvgIpc) is 2.39. The van der Waals surface area contributed by atoms with E-state index in [9.17, 15) is 9.59 Å². The van der Waals surface area contributed by atoms with Gasteiger partial charge in [-0.1, -0.05) is 25.5 Å². The predicted octanol–water partition coefficient (Wildman–Crippen LogP) is 1.36. The van der Waals surface area contributed by atoms with Crippen LogP contribution in [0.25, 0.3) is 0 Å². The molecule has 0 saturated heterocycles. The van der Waals surface area contributed by atoms with Crippen molar-refractivity contribution in [2.24, 2.45) is 5.84 Å².